The first-order chi connectivity index (χ1) is 6.59. The number of benzene rings is 1. The van der Waals surface area contributed by atoms with Gasteiger partial charge in [0.25, 0.3) is 0 Å². The quantitative estimate of drug-likeness (QED) is 0.789. The molecule has 0 heterocycles. The Kier molecular flexibility index (Phi) is 3.68. The molecule has 3 N–H and O–H groups in total. The Hall–Kier alpha value is -1.32. The third kappa shape index (κ3) is 3.20. The summed E-state index contributed by atoms with van der Waals surface area (Å²) in [6, 6.07) is 7.03. The molecule has 1 aromatic rings. The van der Waals surface area contributed by atoms with Crippen LogP contribution in [0, 0.1) is 0 Å². The van der Waals surface area contributed by atoms with E-state index in [4.69, 9.17) is 22.4 Å². The molecule has 1 atom stereocenters. The molecule has 0 bridgehead atoms. The van der Waals surface area contributed by atoms with Crippen LogP contribution >= 0.6 is 11.6 Å². The first-order valence-electron chi connectivity index (χ1n) is 4.01. The number of primary amides is 1. The molecule has 1 aromatic carbocycles. The van der Waals surface area contributed by atoms with Crippen LogP contribution in [0.3, 0.4) is 0 Å². The number of aliphatic hydroxyl groups is 1. The van der Waals surface area contributed by atoms with Crippen molar-refractivity contribution in [1.82, 2.24) is 0 Å². The monoisotopic (exact) mass is 211 g/mol. The minimum Gasteiger partial charge on any atom is -0.379 e. The largest absolute Gasteiger partial charge is 0.379 e. The molecule has 1 amide bonds. The number of nitrogens with two attached hydrogens (primary N) is 1. The lowest BCUT2D eigenvalue weighted by atomic mass is 10.2. The number of hydrogen-bond acceptors (Lipinski definition) is 2. The summed E-state index contributed by atoms with van der Waals surface area (Å²) in [5.74, 6) is -0.775. The van der Waals surface area contributed by atoms with Crippen LogP contribution in [0.25, 0.3) is 6.08 Å². The number of carbonyl (C=O) groups excluding carboxylic acids is 1. The van der Waals surface area contributed by atoms with Crippen molar-refractivity contribution in [3.8, 4) is 0 Å². The second kappa shape index (κ2) is 4.79. The highest BCUT2D eigenvalue weighted by Crippen LogP contribution is 2.11. The van der Waals surface area contributed by atoms with E-state index in [-0.39, 0.29) is 0 Å². The molecular formula is C10H10ClNO2. The van der Waals surface area contributed by atoms with Crippen LogP contribution in [0.15, 0.2) is 30.3 Å². The molecule has 14 heavy (non-hydrogen) atoms. The Morgan fingerprint density at radius 2 is 2.29 bits per heavy atom. The highest BCUT2D eigenvalue weighted by Gasteiger charge is 2.04. The highest BCUT2D eigenvalue weighted by molar-refractivity contribution is 6.30. The van der Waals surface area contributed by atoms with Crippen molar-refractivity contribution < 1.29 is 9.90 Å². The summed E-state index contributed by atoms with van der Waals surface area (Å²) in [6.07, 6.45) is 1.64. The van der Waals surface area contributed by atoms with Crippen LogP contribution < -0.4 is 5.73 Å². The van der Waals surface area contributed by atoms with Crippen molar-refractivity contribution in [2.24, 2.45) is 5.73 Å². The van der Waals surface area contributed by atoms with E-state index >= 15 is 0 Å². The fourth-order valence-electron chi connectivity index (χ4n) is 0.907. The van der Waals surface area contributed by atoms with Crippen LogP contribution in [0.5, 0.6) is 0 Å². The lowest BCUT2D eigenvalue weighted by molar-refractivity contribution is -0.123. The second-order valence-electron chi connectivity index (χ2n) is 2.76. The molecule has 0 radical (unpaired) electrons. The molecule has 0 aliphatic carbocycles. The van der Waals surface area contributed by atoms with Crippen molar-refractivity contribution in [3.05, 3.63) is 40.9 Å². The molecule has 0 aromatic heterocycles. The van der Waals surface area contributed by atoms with Crippen molar-refractivity contribution in [1.29, 1.82) is 0 Å². The van der Waals surface area contributed by atoms with Gasteiger partial charge in [0, 0.05) is 5.02 Å². The molecule has 4 heteroatoms. The van der Waals surface area contributed by atoms with Gasteiger partial charge in [0.15, 0.2) is 6.10 Å². The molecular weight excluding hydrogens is 202 g/mol. The van der Waals surface area contributed by atoms with Gasteiger partial charge in [0.05, 0.1) is 0 Å². The smallest absolute Gasteiger partial charge is 0.250 e. The zero-order valence-electron chi connectivity index (χ0n) is 7.35. The van der Waals surface area contributed by atoms with Gasteiger partial charge in [-0.1, -0.05) is 29.8 Å². The average Bonchev–Trinajstić information content (AvgIpc) is 2.14. The summed E-state index contributed by atoms with van der Waals surface area (Å²) >= 11 is 5.73. The van der Waals surface area contributed by atoms with Crippen LogP contribution in [0.2, 0.25) is 5.02 Å². The molecule has 1 rings (SSSR count). The van der Waals surface area contributed by atoms with Crippen LogP contribution in [-0.2, 0) is 4.79 Å². The molecule has 1 unspecified atom stereocenters. The van der Waals surface area contributed by atoms with Gasteiger partial charge in [-0.15, -0.1) is 0 Å². The fraction of sp³-hybridized carbons (Fsp3) is 0.100. The normalized spacial score (nSPS) is 13.0. The minimum atomic E-state index is -1.26. The van der Waals surface area contributed by atoms with E-state index in [0.717, 1.165) is 5.56 Å². The van der Waals surface area contributed by atoms with Crippen LogP contribution in [-0.4, -0.2) is 17.1 Å². The number of hydrogen-bond donors (Lipinski definition) is 2. The Morgan fingerprint density at radius 1 is 1.57 bits per heavy atom. The first-order valence-corrected chi connectivity index (χ1v) is 4.38. The van der Waals surface area contributed by atoms with Crippen molar-refractivity contribution in [3.63, 3.8) is 0 Å². The molecule has 74 valence electrons. The van der Waals surface area contributed by atoms with Gasteiger partial charge < -0.3 is 10.8 Å². The average molecular weight is 212 g/mol. The SMILES string of the molecule is NC(=O)C(O)C=Cc1cccc(Cl)c1. The van der Waals surface area contributed by atoms with Gasteiger partial charge in [-0.3, -0.25) is 4.79 Å². The lowest BCUT2D eigenvalue weighted by Gasteiger charge is -1.98. The lowest BCUT2D eigenvalue weighted by Crippen LogP contribution is -2.25. The van der Waals surface area contributed by atoms with Crippen molar-refractivity contribution in [2.75, 3.05) is 0 Å². The summed E-state index contributed by atoms with van der Waals surface area (Å²) in [5, 5.41) is 9.66. The van der Waals surface area contributed by atoms with E-state index in [1.54, 1.807) is 30.3 Å². The van der Waals surface area contributed by atoms with Gasteiger partial charge >= 0.3 is 0 Å². The van der Waals surface area contributed by atoms with E-state index in [9.17, 15) is 4.79 Å². The zero-order chi connectivity index (χ0) is 10.6. The summed E-state index contributed by atoms with van der Waals surface area (Å²) in [6.45, 7) is 0. The number of carbonyl (C=O) groups is 1. The standard InChI is InChI=1S/C10H10ClNO2/c11-8-3-1-2-7(6-8)4-5-9(13)10(12)14/h1-6,9,13H,(H2,12,14). The van der Waals surface area contributed by atoms with E-state index < -0.39 is 12.0 Å². The third-order valence-electron chi connectivity index (χ3n) is 1.61. The molecule has 0 aliphatic rings. The second-order valence-corrected chi connectivity index (χ2v) is 3.20. The first kappa shape index (κ1) is 10.8. The van der Waals surface area contributed by atoms with Crippen LogP contribution in [0.1, 0.15) is 5.56 Å². The Labute approximate surface area is 86.8 Å². The van der Waals surface area contributed by atoms with Gasteiger partial charge in [-0.2, -0.15) is 0 Å². The molecule has 0 spiro atoms. The molecule has 3 nitrogen and oxygen atoms in total. The Morgan fingerprint density at radius 3 is 2.86 bits per heavy atom. The Bertz CT molecular complexity index is 363. The van der Waals surface area contributed by atoms with Crippen molar-refractivity contribution in [2.45, 2.75) is 6.10 Å². The Balaban J connectivity index is 2.73. The summed E-state index contributed by atoms with van der Waals surface area (Å²) < 4.78 is 0. The van der Waals surface area contributed by atoms with Gasteiger partial charge in [0.2, 0.25) is 5.91 Å². The van der Waals surface area contributed by atoms with Crippen LogP contribution in [0.4, 0.5) is 0 Å². The number of halogens is 1. The molecule has 0 saturated carbocycles. The van der Waals surface area contributed by atoms with Gasteiger partial charge in [0.1, 0.15) is 0 Å². The minimum absolute atomic E-state index is 0.598. The number of amides is 1. The van der Waals surface area contributed by atoms with Gasteiger partial charge in [-0.25, -0.2) is 0 Å². The predicted molar refractivity (Wildman–Crippen MR) is 55.7 cm³/mol. The maximum absolute atomic E-state index is 10.5. The highest BCUT2D eigenvalue weighted by atomic mass is 35.5. The summed E-state index contributed by atoms with van der Waals surface area (Å²) in [7, 11) is 0. The topological polar surface area (TPSA) is 63.3 Å². The summed E-state index contributed by atoms with van der Waals surface area (Å²) in [4.78, 5) is 10.5. The number of rotatable bonds is 3. The molecule has 0 fully saturated rings. The third-order valence-corrected chi connectivity index (χ3v) is 1.85. The molecule has 0 aliphatic heterocycles. The van der Waals surface area contributed by atoms with E-state index in [2.05, 4.69) is 0 Å². The maximum Gasteiger partial charge on any atom is 0.250 e. The predicted octanol–water partition coefficient (Wildman–Crippen LogP) is 1.20. The van der Waals surface area contributed by atoms with Crippen molar-refractivity contribution >= 4 is 23.6 Å². The molecule has 0 saturated heterocycles. The van der Waals surface area contributed by atoms with E-state index in [1.165, 1.54) is 6.08 Å². The zero-order valence-corrected chi connectivity index (χ0v) is 8.11. The van der Waals surface area contributed by atoms with E-state index in [1.807, 2.05) is 0 Å². The fourth-order valence-corrected chi connectivity index (χ4v) is 1.11. The van der Waals surface area contributed by atoms with E-state index in [0.29, 0.717) is 5.02 Å². The maximum atomic E-state index is 10.5. The summed E-state index contributed by atoms with van der Waals surface area (Å²) in [5.41, 5.74) is 5.67. The number of aliphatic hydroxyl groups excluding tert-OH is 1. The van der Waals surface area contributed by atoms with Gasteiger partial charge in [-0.05, 0) is 23.8 Å².